The first-order chi connectivity index (χ1) is 6.64. The summed E-state index contributed by atoms with van der Waals surface area (Å²) in [4.78, 5) is 0. The van der Waals surface area contributed by atoms with E-state index in [1.54, 1.807) is 0 Å². The van der Waals surface area contributed by atoms with Crippen molar-refractivity contribution in [2.75, 3.05) is 0 Å². The molecule has 2 fully saturated rings. The second kappa shape index (κ2) is 3.87. The Morgan fingerprint density at radius 1 is 0.929 bits per heavy atom. The summed E-state index contributed by atoms with van der Waals surface area (Å²) in [6, 6.07) is 0. The summed E-state index contributed by atoms with van der Waals surface area (Å²) in [6.45, 7) is 7.60. The van der Waals surface area contributed by atoms with E-state index in [1.807, 2.05) is 0 Å². The van der Waals surface area contributed by atoms with Crippen LogP contribution >= 0.6 is 0 Å². The van der Waals surface area contributed by atoms with Crippen LogP contribution in [0.25, 0.3) is 0 Å². The van der Waals surface area contributed by atoms with Crippen molar-refractivity contribution < 1.29 is 0 Å². The molecule has 2 aliphatic rings. The summed E-state index contributed by atoms with van der Waals surface area (Å²) in [5, 5.41) is 0. The lowest BCUT2D eigenvalue weighted by atomic mass is 9.57. The van der Waals surface area contributed by atoms with Crippen LogP contribution in [0.15, 0.2) is 0 Å². The first-order valence-electron chi connectivity index (χ1n) is 6.64. The third-order valence-corrected chi connectivity index (χ3v) is 5.44. The fourth-order valence-corrected chi connectivity index (χ4v) is 4.21. The van der Waals surface area contributed by atoms with Crippen molar-refractivity contribution in [1.82, 2.24) is 0 Å². The molecule has 14 heavy (non-hydrogen) atoms. The highest BCUT2D eigenvalue weighted by molar-refractivity contribution is 4.94. The second-order valence-electron chi connectivity index (χ2n) is 6.17. The average molecular weight is 194 g/mol. The van der Waals surface area contributed by atoms with Gasteiger partial charge >= 0.3 is 0 Å². The topological polar surface area (TPSA) is 0 Å². The van der Waals surface area contributed by atoms with E-state index in [9.17, 15) is 0 Å². The van der Waals surface area contributed by atoms with Gasteiger partial charge in [-0.1, -0.05) is 52.9 Å². The zero-order valence-electron chi connectivity index (χ0n) is 10.2. The van der Waals surface area contributed by atoms with Gasteiger partial charge in [-0.2, -0.15) is 0 Å². The van der Waals surface area contributed by atoms with Crippen molar-refractivity contribution in [3.63, 3.8) is 0 Å². The van der Waals surface area contributed by atoms with E-state index in [-0.39, 0.29) is 0 Å². The number of hydrogen-bond acceptors (Lipinski definition) is 0. The summed E-state index contributed by atoms with van der Waals surface area (Å²) in [6.07, 6.45) is 10.5. The zero-order valence-corrected chi connectivity index (χ0v) is 10.2. The molecule has 0 bridgehead atoms. The maximum absolute atomic E-state index is 2.59. The minimum atomic E-state index is 0.689. The Kier molecular flexibility index (Phi) is 2.91. The van der Waals surface area contributed by atoms with Crippen molar-refractivity contribution in [2.45, 2.75) is 65.7 Å². The summed E-state index contributed by atoms with van der Waals surface area (Å²) in [5.74, 6) is 3.00. The lowest BCUT2D eigenvalue weighted by Gasteiger charge is -2.48. The third kappa shape index (κ3) is 1.61. The quantitative estimate of drug-likeness (QED) is 0.527. The van der Waals surface area contributed by atoms with Gasteiger partial charge < -0.3 is 0 Å². The summed E-state index contributed by atoms with van der Waals surface area (Å²) in [5.41, 5.74) is 0.689. The molecule has 0 radical (unpaired) electrons. The van der Waals surface area contributed by atoms with E-state index in [2.05, 4.69) is 20.8 Å². The number of fused-ring (bicyclic) bond motifs is 1. The van der Waals surface area contributed by atoms with E-state index in [4.69, 9.17) is 0 Å². The molecule has 0 heteroatoms. The van der Waals surface area contributed by atoms with Crippen LogP contribution in [0.5, 0.6) is 0 Å². The molecule has 0 nitrogen and oxygen atoms in total. The molecule has 0 aromatic carbocycles. The molecule has 0 saturated heterocycles. The van der Waals surface area contributed by atoms with E-state index >= 15 is 0 Å². The summed E-state index contributed by atoms with van der Waals surface area (Å²) >= 11 is 0. The van der Waals surface area contributed by atoms with Crippen molar-refractivity contribution in [2.24, 2.45) is 23.2 Å². The summed E-state index contributed by atoms with van der Waals surface area (Å²) in [7, 11) is 0. The van der Waals surface area contributed by atoms with E-state index < -0.39 is 0 Å². The van der Waals surface area contributed by atoms with Gasteiger partial charge in [0.1, 0.15) is 0 Å². The highest BCUT2D eigenvalue weighted by atomic mass is 14.5. The van der Waals surface area contributed by atoms with Gasteiger partial charge in [-0.25, -0.2) is 0 Å². The molecule has 0 aliphatic heterocycles. The monoisotopic (exact) mass is 194 g/mol. The molecule has 2 rings (SSSR count). The lowest BCUT2D eigenvalue weighted by molar-refractivity contribution is 0.0178. The average Bonchev–Trinajstić information content (AvgIpc) is 2.30. The molecule has 0 aromatic heterocycles. The fraction of sp³-hybridized carbons (Fsp3) is 1.00. The molecule has 2 unspecified atom stereocenters. The molecule has 2 aliphatic carbocycles. The molecular formula is C14H26. The molecule has 0 amide bonds. The van der Waals surface area contributed by atoms with Gasteiger partial charge in [0.25, 0.3) is 0 Å². The van der Waals surface area contributed by atoms with E-state index in [0.717, 1.165) is 17.8 Å². The zero-order chi connectivity index (χ0) is 10.2. The molecular weight excluding hydrogens is 168 g/mol. The van der Waals surface area contributed by atoms with Gasteiger partial charge in [-0.3, -0.25) is 0 Å². The Labute approximate surface area is 89.5 Å². The van der Waals surface area contributed by atoms with Gasteiger partial charge in [0.2, 0.25) is 0 Å². The highest BCUT2D eigenvalue weighted by Gasteiger charge is 2.44. The van der Waals surface area contributed by atoms with Crippen LogP contribution in [0.4, 0.5) is 0 Å². The third-order valence-electron chi connectivity index (χ3n) is 5.44. The fourth-order valence-electron chi connectivity index (χ4n) is 4.21. The SMILES string of the molecule is CC1CCCC[C@@]2(C)C(C)CCC[C@H]12. The number of rotatable bonds is 0. The first-order valence-corrected chi connectivity index (χ1v) is 6.64. The molecule has 0 heterocycles. The predicted octanol–water partition coefficient (Wildman–Crippen LogP) is 4.64. The van der Waals surface area contributed by atoms with Gasteiger partial charge in [-0.15, -0.1) is 0 Å². The van der Waals surface area contributed by atoms with Gasteiger partial charge in [0.15, 0.2) is 0 Å². The molecule has 0 aromatic rings. The molecule has 82 valence electrons. The first kappa shape index (κ1) is 10.5. The van der Waals surface area contributed by atoms with Gasteiger partial charge in [-0.05, 0) is 36.0 Å². The largest absolute Gasteiger partial charge is 0.0622 e. The maximum atomic E-state index is 2.59. The Balaban J connectivity index is 2.21. The standard InChI is InChI=1S/C14H26/c1-11-7-4-5-10-14(3)12(2)8-6-9-13(11)14/h11-13H,4-10H2,1-3H3/t11?,12?,13-,14+/m1/s1. The van der Waals surface area contributed by atoms with Crippen LogP contribution in [0.1, 0.15) is 65.7 Å². The van der Waals surface area contributed by atoms with Crippen LogP contribution in [-0.2, 0) is 0 Å². The van der Waals surface area contributed by atoms with Crippen LogP contribution in [0.2, 0.25) is 0 Å². The molecule has 0 N–H and O–H groups in total. The van der Waals surface area contributed by atoms with Crippen LogP contribution in [0, 0.1) is 23.2 Å². The van der Waals surface area contributed by atoms with Crippen LogP contribution in [-0.4, -0.2) is 0 Å². The number of hydrogen-bond donors (Lipinski definition) is 0. The van der Waals surface area contributed by atoms with E-state index in [1.165, 1.54) is 44.9 Å². The maximum Gasteiger partial charge on any atom is -0.0269 e. The Morgan fingerprint density at radius 2 is 1.71 bits per heavy atom. The normalized spacial score (nSPS) is 49.5. The Bertz CT molecular complexity index is 196. The molecule has 0 spiro atoms. The highest BCUT2D eigenvalue weighted by Crippen LogP contribution is 2.53. The van der Waals surface area contributed by atoms with Crippen molar-refractivity contribution in [3.05, 3.63) is 0 Å². The Morgan fingerprint density at radius 3 is 2.50 bits per heavy atom. The van der Waals surface area contributed by atoms with Crippen molar-refractivity contribution in [1.29, 1.82) is 0 Å². The molecule has 2 saturated carbocycles. The van der Waals surface area contributed by atoms with Crippen LogP contribution < -0.4 is 0 Å². The van der Waals surface area contributed by atoms with Crippen molar-refractivity contribution in [3.8, 4) is 0 Å². The second-order valence-corrected chi connectivity index (χ2v) is 6.17. The minimum Gasteiger partial charge on any atom is -0.0622 e. The Hall–Kier alpha value is 0. The molecule has 4 atom stereocenters. The minimum absolute atomic E-state index is 0.689. The van der Waals surface area contributed by atoms with E-state index in [0.29, 0.717) is 5.41 Å². The van der Waals surface area contributed by atoms with Gasteiger partial charge in [0, 0.05) is 0 Å². The smallest absolute Gasteiger partial charge is 0.0269 e. The lowest BCUT2D eigenvalue weighted by Crippen LogP contribution is -2.39. The van der Waals surface area contributed by atoms with Crippen LogP contribution in [0.3, 0.4) is 0 Å². The summed E-state index contributed by atoms with van der Waals surface area (Å²) < 4.78 is 0. The predicted molar refractivity (Wildman–Crippen MR) is 62.2 cm³/mol. The van der Waals surface area contributed by atoms with Crippen molar-refractivity contribution >= 4 is 0 Å². The van der Waals surface area contributed by atoms with Gasteiger partial charge in [0.05, 0.1) is 0 Å².